The van der Waals surface area contributed by atoms with Gasteiger partial charge in [-0.2, -0.15) is 0 Å². The Kier molecular flexibility index (Phi) is 8.38. The third-order valence-corrected chi connectivity index (χ3v) is 6.28. The zero-order valence-corrected chi connectivity index (χ0v) is 16.7. The van der Waals surface area contributed by atoms with E-state index in [2.05, 4.69) is 5.09 Å². The molecule has 1 aliphatic rings. The van der Waals surface area contributed by atoms with Crippen molar-refractivity contribution in [3.05, 3.63) is 35.9 Å². The highest BCUT2D eigenvalue weighted by Crippen LogP contribution is 2.45. The van der Waals surface area contributed by atoms with Crippen LogP contribution < -0.4 is 5.09 Å². The predicted octanol–water partition coefficient (Wildman–Crippen LogP) is 3.78. The summed E-state index contributed by atoms with van der Waals surface area (Å²) >= 11 is 6.36. The van der Waals surface area contributed by atoms with Gasteiger partial charge in [0.05, 0.1) is 24.6 Å². The molecule has 0 aromatic heterocycles. The molecule has 1 amide bonds. The summed E-state index contributed by atoms with van der Waals surface area (Å²) in [7, 11) is -3.46. The van der Waals surface area contributed by atoms with E-state index in [0.717, 1.165) is 5.56 Å². The number of ether oxygens (including phenoxy) is 1. The van der Waals surface area contributed by atoms with Crippen LogP contribution in [-0.2, 0) is 25.0 Å². The van der Waals surface area contributed by atoms with Crippen molar-refractivity contribution < 1.29 is 23.1 Å². The van der Waals surface area contributed by atoms with Crippen LogP contribution in [0.1, 0.15) is 25.8 Å². The maximum absolute atomic E-state index is 12.7. The fourth-order valence-corrected chi connectivity index (χ4v) is 4.58. The Hall–Kier alpha value is -1.11. The molecule has 26 heavy (non-hydrogen) atoms. The Morgan fingerprint density at radius 3 is 2.54 bits per heavy atom. The minimum Gasteiger partial charge on any atom is -0.445 e. The molecule has 2 unspecified atom stereocenters. The Labute approximate surface area is 159 Å². The second-order valence-electron chi connectivity index (χ2n) is 5.86. The fraction of sp³-hybridized carbons (Fsp3) is 0.588. The lowest BCUT2D eigenvalue weighted by atomic mass is 10.1. The smallest absolute Gasteiger partial charge is 0.410 e. The van der Waals surface area contributed by atoms with E-state index in [1.54, 1.807) is 18.7 Å². The zero-order chi connectivity index (χ0) is 19.0. The van der Waals surface area contributed by atoms with Crippen molar-refractivity contribution in [1.29, 1.82) is 0 Å². The van der Waals surface area contributed by atoms with Crippen molar-refractivity contribution >= 4 is 25.4 Å². The van der Waals surface area contributed by atoms with E-state index in [4.69, 9.17) is 25.4 Å². The van der Waals surface area contributed by atoms with Crippen LogP contribution >= 0.6 is 19.3 Å². The first-order chi connectivity index (χ1) is 12.5. The van der Waals surface area contributed by atoms with Crippen LogP contribution in [0.5, 0.6) is 0 Å². The quantitative estimate of drug-likeness (QED) is 0.525. The number of amides is 1. The Bertz CT molecular complexity index is 608. The molecule has 2 rings (SSSR count). The largest absolute Gasteiger partial charge is 0.445 e. The highest BCUT2D eigenvalue weighted by molar-refractivity contribution is 7.51. The molecule has 1 fully saturated rings. The van der Waals surface area contributed by atoms with Gasteiger partial charge in [0.1, 0.15) is 6.61 Å². The topological polar surface area (TPSA) is 77.1 Å². The van der Waals surface area contributed by atoms with Crippen molar-refractivity contribution in [2.45, 2.75) is 38.3 Å². The van der Waals surface area contributed by atoms with Crippen LogP contribution in [0.3, 0.4) is 0 Å². The molecule has 1 saturated heterocycles. The number of piperidine rings is 1. The van der Waals surface area contributed by atoms with Crippen molar-refractivity contribution in [1.82, 2.24) is 9.99 Å². The molecule has 7 nitrogen and oxygen atoms in total. The molecule has 1 N–H and O–H groups in total. The van der Waals surface area contributed by atoms with E-state index in [1.165, 1.54) is 0 Å². The average Bonchev–Trinajstić information content (AvgIpc) is 2.63. The molecular weight excluding hydrogens is 379 g/mol. The van der Waals surface area contributed by atoms with Crippen molar-refractivity contribution in [2.75, 3.05) is 26.3 Å². The van der Waals surface area contributed by atoms with E-state index in [-0.39, 0.29) is 31.7 Å². The van der Waals surface area contributed by atoms with Gasteiger partial charge < -0.3 is 9.64 Å². The molecule has 2 atom stereocenters. The number of alkyl halides is 1. The lowest BCUT2D eigenvalue weighted by Crippen LogP contribution is -2.52. The van der Waals surface area contributed by atoms with Crippen LogP contribution in [0.15, 0.2) is 30.3 Å². The SMILES string of the molecule is CCOP(=O)(NC1CN(C(=O)OCc2ccccc2)CCC1Cl)OCC. The summed E-state index contributed by atoms with van der Waals surface area (Å²) in [4.78, 5) is 13.9. The number of carbonyl (C=O) groups is 1. The lowest BCUT2D eigenvalue weighted by molar-refractivity contribution is 0.0842. The maximum atomic E-state index is 12.7. The number of likely N-dealkylation sites (tertiary alicyclic amines) is 1. The van der Waals surface area contributed by atoms with Gasteiger partial charge in [0, 0.05) is 13.1 Å². The van der Waals surface area contributed by atoms with E-state index in [0.29, 0.717) is 13.0 Å². The third kappa shape index (κ3) is 6.25. The molecule has 1 aromatic carbocycles. The molecule has 0 spiro atoms. The Morgan fingerprint density at radius 2 is 1.92 bits per heavy atom. The van der Waals surface area contributed by atoms with E-state index < -0.39 is 19.9 Å². The van der Waals surface area contributed by atoms with E-state index >= 15 is 0 Å². The monoisotopic (exact) mass is 404 g/mol. The van der Waals surface area contributed by atoms with Gasteiger partial charge in [-0.1, -0.05) is 30.3 Å². The normalized spacial score (nSPS) is 20.8. The van der Waals surface area contributed by atoms with Gasteiger partial charge in [-0.05, 0) is 25.8 Å². The first-order valence-corrected chi connectivity index (χ1v) is 10.7. The van der Waals surface area contributed by atoms with Gasteiger partial charge in [0.15, 0.2) is 0 Å². The van der Waals surface area contributed by atoms with Crippen molar-refractivity contribution in [3.63, 3.8) is 0 Å². The molecule has 0 saturated carbocycles. The number of rotatable bonds is 8. The molecule has 1 heterocycles. The van der Waals surface area contributed by atoms with Crippen LogP contribution in [0.25, 0.3) is 0 Å². The van der Waals surface area contributed by atoms with Gasteiger partial charge in [-0.15, -0.1) is 11.6 Å². The van der Waals surface area contributed by atoms with E-state index in [9.17, 15) is 9.36 Å². The van der Waals surface area contributed by atoms with Gasteiger partial charge in [0.25, 0.3) is 0 Å². The highest BCUT2D eigenvalue weighted by atomic mass is 35.5. The molecule has 0 aliphatic carbocycles. The second-order valence-corrected chi connectivity index (χ2v) is 8.19. The van der Waals surface area contributed by atoms with Crippen LogP contribution in [0, 0.1) is 0 Å². The summed E-state index contributed by atoms with van der Waals surface area (Å²) in [6, 6.07) is 9.05. The van der Waals surface area contributed by atoms with Gasteiger partial charge >= 0.3 is 13.8 Å². The number of benzene rings is 1. The molecular formula is C17H26ClN2O5P. The number of nitrogens with zero attached hydrogens (tertiary/aromatic N) is 1. The summed E-state index contributed by atoms with van der Waals surface area (Å²) in [5.41, 5.74) is 0.917. The molecule has 9 heteroatoms. The summed E-state index contributed by atoms with van der Waals surface area (Å²) in [5.74, 6) is 0. The Balaban J connectivity index is 1.93. The lowest BCUT2D eigenvalue weighted by Gasteiger charge is -2.36. The molecule has 1 aromatic rings. The van der Waals surface area contributed by atoms with E-state index in [1.807, 2.05) is 30.3 Å². The first kappa shape index (κ1) is 21.2. The standard InChI is InChI=1S/C17H26ClN2O5P/c1-3-24-26(22,25-4-2)19-16-12-20(11-10-15(16)18)17(21)23-13-14-8-6-5-7-9-14/h5-9,15-16H,3-4,10-13H2,1-2H3,(H,19,22). The summed E-state index contributed by atoms with van der Waals surface area (Å²) in [6.45, 7) is 4.91. The second kappa shape index (κ2) is 10.3. The number of hydrogen-bond donors (Lipinski definition) is 1. The first-order valence-electron chi connectivity index (χ1n) is 8.74. The van der Waals surface area contributed by atoms with Crippen LogP contribution in [0.2, 0.25) is 0 Å². The third-order valence-electron chi connectivity index (χ3n) is 3.91. The van der Waals surface area contributed by atoms with Crippen LogP contribution in [0.4, 0.5) is 4.79 Å². The number of carbonyl (C=O) groups excluding carboxylic acids is 1. The maximum Gasteiger partial charge on any atom is 0.410 e. The number of halogens is 1. The zero-order valence-electron chi connectivity index (χ0n) is 15.1. The summed E-state index contributed by atoms with van der Waals surface area (Å²) in [6.07, 6.45) is 0.129. The average molecular weight is 405 g/mol. The minimum atomic E-state index is -3.46. The van der Waals surface area contributed by atoms with Crippen LogP contribution in [-0.4, -0.2) is 48.7 Å². The van der Waals surface area contributed by atoms with Gasteiger partial charge in [0.2, 0.25) is 0 Å². The predicted molar refractivity (Wildman–Crippen MR) is 100 cm³/mol. The van der Waals surface area contributed by atoms with Crippen molar-refractivity contribution in [3.8, 4) is 0 Å². The van der Waals surface area contributed by atoms with Gasteiger partial charge in [-0.25, -0.2) is 14.4 Å². The minimum absolute atomic E-state index is 0.203. The highest BCUT2D eigenvalue weighted by Gasteiger charge is 2.36. The molecule has 1 aliphatic heterocycles. The number of nitrogens with one attached hydrogen (secondary N) is 1. The Morgan fingerprint density at radius 1 is 1.27 bits per heavy atom. The molecule has 0 radical (unpaired) electrons. The fourth-order valence-electron chi connectivity index (χ4n) is 2.68. The molecule has 0 bridgehead atoms. The van der Waals surface area contributed by atoms with Crippen molar-refractivity contribution in [2.24, 2.45) is 0 Å². The number of hydrogen-bond acceptors (Lipinski definition) is 5. The molecule has 146 valence electrons. The summed E-state index contributed by atoms with van der Waals surface area (Å²) in [5, 5.41) is 2.58. The summed E-state index contributed by atoms with van der Waals surface area (Å²) < 4.78 is 28.5. The van der Waals surface area contributed by atoms with Gasteiger partial charge in [-0.3, -0.25) is 9.05 Å².